The zero-order valence-electron chi connectivity index (χ0n) is 10.8. The molecular formula is C12H20N2O3S. The second-order valence-corrected chi connectivity index (χ2v) is 5.18. The third-order valence-corrected chi connectivity index (χ3v) is 3.10. The van der Waals surface area contributed by atoms with Crippen LogP contribution in [0.2, 0.25) is 0 Å². The van der Waals surface area contributed by atoms with Gasteiger partial charge in [-0.1, -0.05) is 12.8 Å². The molecule has 18 heavy (non-hydrogen) atoms. The summed E-state index contributed by atoms with van der Waals surface area (Å²) in [5, 5.41) is 11.4. The number of thioether (sulfide) groups is 1. The van der Waals surface area contributed by atoms with Crippen molar-refractivity contribution in [1.29, 1.82) is 0 Å². The Hall–Kier alpha value is -1.35. The van der Waals surface area contributed by atoms with E-state index in [2.05, 4.69) is 18.2 Å². The molecule has 0 aliphatic carbocycles. The highest BCUT2D eigenvalue weighted by atomic mass is 32.2. The van der Waals surface area contributed by atoms with Gasteiger partial charge in [-0.15, -0.1) is 6.42 Å². The van der Waals surface area contributed by atoms with E-state index in [-0.39, 0.29) is 19.1 Å². The Morgan fingerprint density at radius 1 is 1.56 bits per heavy atom. The summed E-state index contributed by atoms with van der Waals surface area (Å²) in [5.74, 6) is 3.21. The fraction of sp³-hybridized carbons (Fsp3) is 0.667. The molecule has 0 fully saturated rings. The summed E-state index contributed by atoms with van der Waals surface area (Å²) in [4.78, 5) is 23.5. The second kappa shape index (κ2) is 9.66. The van der Waals surface area contributed by atoms with Gasteiger partial charge in [0.2, 0.25) is 0 Å². The number of carbonyl (C=O) groups excluding carboxylic acids is 1. The highest BCUT2D eigenvalue weighted by Crippen LogP contribution is 2.04. The highest BCUT2D eigenvalue weighted by molar-refractivity contribution is 7.99. The molecule has 0 heterocycles. The lowest BCUT2D eigenvalue weighted by Crippen LogP contribution is -2.46. The average molecular weight is 272 g/mol. The maximum absolute atomic E-state index is 11.8. The van der Waals surface area contributed by atoms with Gasteiger partial charge in [-0.3, -0.25) is 4.79 Å². The van der Waals surface area contributed by atoms with Crippen molar-refractivity contribution in [2.75, 3.05) is 24.6 Å². The summed E-state index contributed by atoms with van der Waals surface area (Å²) in [6.45, 7) is 3.58. The lowest BCUT2D eigenvalue weighted by molar-refractivity contribution is -0.137. The summed E-state index contributed by atoms with van der Waals surface area (Å²) < 4.78 is 0. The van der Waals surface area contributed by atoms with Gasteiger partial charge in [0.05, 0.1) is 6.54 Å². The lowest BCUT2D eigenvalue weighted by atomic mass is 10.3. The van der Waals surface area contributed by atoms with Crippen molar-refractivity contribution in [3.63, 3.8) is 0 Å². The van der Waals surface area contributed by atoms with Crippen LogP contribution in [0.5, 0.6) is 0 Å². The Balaban J connectivity index is 4.16. The van der Waals surface area contributed by atoms with Crippen molar-refractivity contribution >= 4 is 23.8 Å². The number of nitrogens with zero attached hydrogens (tertiary/aromatic N) is 1. The van der Waals surface area contributed by atoms with Crippen molar-refractivity contribution in [3.8, 4) is 12.3 Å². The number of urea groups is 1. The minimum atomic E-state index is -1.07. The molecule has 0 saturated carbocycles. The largest absolute Gasteiger partial charge is 0.480 e. The van der Waals surface area contributed by atoms with Crippen LogP contribution < -0.4 is 5.32 Å². The molecule has 1 atom stereocenters. The van der Waals surface area contributed by atoms with Gasteiger partial charge in [0.1, 0.15) is 6.54 Å². The van der Waals surface area contributed by atoms with E-state index in [1.807, 2.05) is 6.92 Å². The van der Waals surface area contributed by atoms with Gasteiger partial charge in [0.15, 0.2) is 0 Å². The predicted octanol–water partition coefficient (Wildman–Crippen LogP) is 1.25. The van der Waals surface area contributed by atoms with E-state index in [9.17, 15) is 9.59 Å². The van der Waals surface area contributed by atoms with Crippen LogP contribution in [0.3, 0.4) is 0 Å². The first-order chi connectivity index (χ1) is 8.51. The molecule has 1 unspecified atom stereocenters. The second-order valence-electron chi connectivity index (χ2n) is 3.79. The van der Waals surface area contributed by atoms with E-state index < -0.39 is 12.0 Å². The van der Waals surface area contributed by atoms with Gasteiger partial charge < -0.3 is 15.3 Å². The van der Waals surface area contributed by atoms with Gasteiger partial charge in [0, 0.05) is 6.04 Å². The molecule has 2 amide bonds. The third-order valence-electron chi connectivity index (χ3n) is 2.16. The quantitative estimate of drug-likeness (QED) is 0.515. The van der Waals surface area contributed by atoms with Crippen LogP contribution in [0.1, 0.15) is 20.3 Å². The molecule has 6 heteroatoms. The summed E-state index contributed by atoms with van der Waals surface area (Å²) in [6.07, 6.45) is 5.95. The van der Waals surface area contributed by atoms with Crippen molar-refractivity contribution in [2.45, 2.75) is 26.3 Å². The molecule has 5 nitrogen and oxygen atoms in total. The highest BCUT2D eigenvalue weighted by Gasteiger charge is 2.17. The fourth-order valence-electron chi connectivity index (χ4n) is 1.25. The number of hydrogen-bond acceptors (Lipinski definition) is 3. The van der Waals surface area contributed by atoms with Crippen LogP contribution in [0.15, 0.2) is 0 Å². The molecule has 0 aliphatic heterocycles. The van der Waals surface area contributed by atoms with Crippen LogP contribution in [-0.4, -0.2) is 52.6 Å². The first-order valence-corrected chi connectivity index (χ1v) is 6.95. The zero-order chi connectivity index (χ0) is 14.0. The number of aliphatic carboxylic acids is 1. The van der Waals surface area contributed by atoms with Crippen molar-refractivity contribution in [2.24, 2.45) is 0 Å². The van der Waals surface area contributed by atoms with E-state index in [1.165, 1.54) is 0 Å². The Kier molecular flexibility index (Phi) is 8.93. The number of carbonyl (C=O) groups is 2. The molecule has 0 radical (unpaired) electrons. The van der Waals surface area contributed by atoms with E-state index in [1.54, 1.807) is 11.8 Å². The fourth-order valence-corrected chi connectivity index (χ4v) is 2.06. The van der Waals surface area contributed by atoms with Crippen molar-refractivity contribution < 1.29 is 14.7 Å². The van der Waals surface area contributed by atoms with Crippen molar-refractivity contribution in [1.82, 2.24) is 10.2 Å². The Bertz CT molecular complexity index is 315. The summed E-state index contributed by atoms with van der Waals surface area (Å²) >= 11 is 1.80. The van der Waals surface area contributed by atoms with Gasteiger partial charge in [0.25, 0.3) is 0 Å². The van der Waals surface area contributed by atoms with Crippen LogP contribution in [0, 0.1) is 12.3 Å². The summed E-state index contributed by atoms with van der Waals surface area (Å²) in [6, 6.07) is -0.421. The molecule has 0 aliphatic rings. The van der Waals surface area contributed by atoms with Gasteiger partial charge in [-0.05, 0) is 24.9 Å². The lowest BCUT2D eigenvalue weighted by Gasteiger charge is -2.21. The van der Waals surface area contributed by atoms with Gasteiger partial charge in [-0.25, -0.2) is 4.79 Å². The van der Waals surface area contributed by atoms with E-state index in [4.69, 9.17) is 11.5 Å². The van der Waals surface area contributed by atoms with Gasteiger partial charge >= 0.3 is 12.0 Å². The zero-order valence-corrected chi connectivity index (χ0v) is 11.6. The van der Waals surface area contributed by atoms with E-state index >= 15 is 0 Å². The predicted molar refractivity (Wildman–Crippen MR) is 73.7 cm³/mol. The number of amides is 2. The topological polar surface area (TPSA) is 69.6 Å². The van der Waals surface area contributed by atoms with Crippen molar-refractivity contribution in [3.05, 3.63) is 0 Å². The summed E-state index contributed by atoms with van der Waals surface area (Å²) in [5.41, 5.74) is 0. The molecule has 0 spiro atoms. The Morgan fingerprint density at radius 2 is 2.22 bits per heavy atom. The van der Waals surface area contributed by atoms with Gasteiger partial charge in [-0.2, -0.15) is 11.8 Å². The van der Waals surface area contributed by atoms with Crippen LogP contribution >= 0.6 is 11.8 Å². The standard InChI is InChI=1S/C12H20N2O3S/c1-4-7-14(9-11(15)16)12(17)13-10(3)6-8-18-5-2/h1,10H,5-9H2,2-3H3,(H,13,17)(H,15,16). The molecule has 0 saturated heterocycles. The Morgan fingerprint density at radius 3 is 2.72 bits per heavy atom. The third kappa shape index (κ3) is 7.85. The first kappa shape index (κ1) is 16.6. The van der Waals surface area contributed by atoms with Crippen LogP contribution in [0.25, 0.3) is 0 Å². The monoisotopic (exact) mass is 272 g/mol. The maximum atomic E-state index is 11.8. The summed E-state index contributed by atoms with van der Waals surface area (Å²) in [7, 11) is 0. The molecule has 0 aromatic rings. The van der Waals surface area contributed by atoms with Crippen LogP contribution in [-0.2, 0) is 4.79 Å². The molecule has 102 valence electrons. The normalized spacial score (nSPS) is 11.4. The van der Waals surface area contributed by atoms with E-state index in [0.717, 1.165) is 22.8 Å². The number of terminal acetylenes is 1. The number of hydrogen-bond donors (Lipinski definition) is 2. The number of rotatable bonds is 8. The van der Waals surface area contributed by atoms with E-state index in [0.29, 0.717) is 0 Å². The molecule has 0 rings (SSSR count). The minimum absolute atomic E-state index is 0.00520. The molecule has 0 aromatic heterocycles. The number of carboxylic acids is 1. The first-order valence-electron chi connectivity index (χ1n) is 5.79. The number of carboxylic acid groups (broad SMARTS) is 1. The molecular weight excluding hydrogens is 252 g/mol. The van der Waals surface area contributed by atoms with Crippen LogP contribution in [0.4, 0.5) is 4.79 Å². The molecule has 2 N–H and O–H groups in total. The molecule has 0 bridgehead atoms. The minimum Gasteiger partial charge on any atom is -0.480 e. The molecule has 0 aromatic carbocycles. The Labute approximate surface area is 112 Å². The smallest absolute Gasteiger partial charge is 0.323 e. The average Bonchev–Trinajstić information content (AvgIpc) is 2.28. The number of nitrogens with one attached hydrogen (secondary N) is 1. The maximum Gasteiger partial charge on any atom is 0.323 e. The SMILES string of the molecule is C#CCN(CC(=O)O)C(=O)NC(C)CCSCC.